The summed E-state index contributed by atoms with van der Waals surface area (Å²) in [6.07, 6.45) is 5.44. The molecule has 1 aliphatic rings. The van der Waals surface area contributed by atoms with Gasteiger partial charge < -0.3 is 16.4 Å². The highest BCUT2D eigenvalue weighted by molar-refractivity contribution is 7.13. The molecule has 0 unspecified atom stereocenters. The van der Waals surface area contributed by atoms with Crippen molar-refractivity contribution < 1.29 is 4.79 Å². The molecule has 4 nitrogen and oxygen atoms in total. The predicted octanol–water partition coefficient (Wildman–Crippen LogP) is 5.53. The van der Waals surface area contributed by atoms with Gasteiger partial charge in [0.1, 0.15) is 0 Å². The third-order valence-corrected chi connectivity index (χ3v) is 6.48. The van der Waals surface area contributed by atoms with Crippen LogP contribution in [0.15, 0.2) is 60.0 Å². The molecule has 0 spiro atoms. The van der Waals surface area contributed by atoms with Crippen LogP contribution >= 0.6 is 11.3 Å². The Labute approximate surface area is 176 Å². The number of carbonyl (C=O) groups excluding carboxylic acids is 1. The molecule has 1 heterocycles. The van der Waals surface area contributed by atoms with Crippen molar-refractivity contribution in [3.63, 3.8) is 0 Å². The van der Waals surface area contributed by atoms with Crippen molar-refractivity contribution in [2.45, 2.75) is 32.2 Å². The first-order valence-corrected chi connectivity index (χ1v) is 11.1. The largest absolute Gasteiger partial charge is 0.397 e. The van der Waals surface area contributed by atoms with Crippen molar-refractivity contribution in [3.8, 4) is 10.4 Å². The van der Waals surface area contributed by atoms with Crippen molar-refractivity contribution in [2.24, 2.45) is 5.92 Å². The molecule has 0 atom stereocenters. The summed E-state index contributed by atoms with van der Waals surface area (Å²) in [4.78, 5) is 13.8. The molecular formula is C24H27N3OS. The molecule has 2 aromatic carbocycles. The molecule has 0 bridgehead atoms. The van der Waals surface area contributed by atoms with Crippen LogP contribution in [-0.2, 0) is 6.54 Å². The maximum atomic E-state index is 12.7. The van der Waals surface area contributed by atoms with Crippen molar-refractivity contribution in [3.05, 3.63) is 71.1 Å². The Morgan fingerprint density at radius 2 is 1.86 bits per heavy atom. The summed E-state index contributed by atoms with van der Waals surface area (Å²) in [5, 5.41) is 8.53. The third kappa shape index (κ3) is 5.05. The Hall–Kier alpha value is -2.63. The van der Waals surface area contributed by atoms with E-state index in [1.807, 2.05) is 53.9 Å². The van der Waals surface area contributed by atoms with E-state index >= 15 is 0 Å². The predicted molar refractivity (Wildman–Crippen MR) is 122 cm³/mol. The van der Waals surface area contributed by atoms with Crippen LogP contribution in [0.5, 0.6) is 0 Å². The Kier molecular flexibility index (Phi) is 6.27. The van der Waals surface area contributed by atoms with E-state index in [4.69, 9.17) is 5.73 Å². The fourth-order valence-electron chi connectivity index (χ4n) is 3.86. The summed E-state index contributed by atoms with van der Waals surface area (Å²) in [7, 11) is 0. The lowest BCUT2D eigenvalue weighted by atomic mass is 10.1. The summed E-state index contributed by atoms with van der Waals surface area (Å²) in [5.41, 5.74) is 10.2. The molecule has 4 N–H and O–H groups in total. The van der Waals surface area contributed by atoms with Crippen LogP contribution in [-0.4, -0.2) is 12.5 Å². The lowest BCUT2D eigenvalue weighted by Crippen LogP contribution is -2.20. The lowest BCUT2D eigenvalue weighted by Gasteiger charge is -2.12. The van der Waals surface area contributed by atoms with Gasteiger partial charge in [0.15, 0.2) is 0 Å². The van der Waals surface area contributed by atoms with Gasteiger partial charge in [0.2, 0.25) is 0 Å². The Bertz CT molecular complexity index is 945. The van der Waals surface area contributed by atoms with E-state index in [2.05, 4.69) is 16.7 Å². The zero-order valence-electron chi connectivity index (χ0n) is 16.5. The van der Waals surface area contributed by atoms with Gasteiger partial charge in [0.05, 0.1) is 11.4 Å². The molecular weight excluding hydrogens is 378 g/mol. The van der Waals surface area contributed by atoms with E-state index in [1.54, 1.807) is 11.3 Å². The maximum Gasteiger partial charge on any atom is 0.255 e. The Morgan fingerprint density at radius 3 is 2.59 bits per heavy atom. The van der Waals surface area contributed by atoms with Crippen molar-refractivity contribution >= 4 is 28.6 Å². The number of nitrogen functional groups attached to an aromatic ring is 1. The van der Waals surface area contributed by atoms with Gasteiger partial charge in [-0.2, -0.15) is 0 Å². The number of rotatable bonds is 7. The SMILES string of the molecule is Nc1ccc(-c2cccs2)cc1NC(=O)c1ccc(CNCC2CCCC2)cc1. The smallest absolute Gasteiger partial charge is 0.255 e. The molecule has 0 saturated heterocycles. The van der Waals surface area contributed by atoms with Crippen LogP contribution in [0.1, 0.15) is 41.6 Å². The average Bonchev–Trinajstić information content (AvgIpc) is 3.44. The number of nitrogens with one attached hydrogen (secondary N) is 2. The van der Waals surface area contributed by atoms with Crippen LogP contribution in [0.2, 0.25) is 0 Å². The van der Waals surface area contributed by atoms with Gasteiger partial charge in [0, 0.05) is 17.0 Å². The van der Waals surface area contributed by atoms with E-state index in [0.29, 0.717) is 16.9 Å². The van der Waals surface area contributed by atoms with Gasteiger partial charge in [-0.25, -0.2) is 0 Å². The van der Waals surface area contributed by atoms with Crippen LogP contribution in [0.4, 0.5) is 11.4 Å². The molecule has 3 aromatic rings. The zero-order chi connectivity index (χ0) is 20.1. The van der Waals surface area contributed by atoms with Gasteiger partial charge in [-0.15, -0.1) is 11.3 Å². The number of anilines is 2. The second-order valence-corrected chi connectivity index (χ2v) is 8.66. The lowest BCUT2D eigenvalue weighted by molar-refractivity contribution is 0.102. The quantitative estimate of drug-likeness (QED) is 0.453. The highest BCUT2D eigenvalue weighted by atomic mass is 32.1. The first-order chi connectivity index (χ1) is 14.2. The molecule has 5 heteroatoms. The van der Waals surface area contributed by atoms with E-state index in [9.17, 15) is 4.79 Å². The normalized spacial score (nSPS) is 14.2. The third-order valence-electron chi connectivity index (χ3n) is 5.56. The summed E-state index contributed by atoms with van der Waals surface area (Å²) in [6.45, 7) is 1.93. The van der Waals surface area contributed by atoms with Gasteiger partial charge in [-0.1, -0.05) is 37.1 Å². The van der Waals surface area contributed by atoms with Crippen molar-refractivity contribution in [2.75, 3.05) is 17.6 Å². The van der Waals surface area contributed by atoms with Crippen LogP contribution in [0.25, 0.3) is 10.4 Å². The van der Waals surface area contributed by atoms with Gasteiger partial charge in [-0.05, 0) is 72.1 Å². The average molecular weight is 406 g/mol. The number of hydrogen-bond donors (Lipinski definition) is 3. The van der Waals surface area contributed by atoms with E-state index in [1.165, 1.54) is 31.2 Å². The number of hydrogen-bond acceptors (Lipinski definition) is 4. The molecule has 0 aliphatic heterocycles. The number of carbonyl (C=O) groups is 1. The number of thiophene rings is 1. The first-order valence-electron chi connectivity index (χ1n) is 10.2. The topological polar surface area (TPSA) is 67.1 Å². The van der Waals surface area contributed by atoms with E-state index < -0.39 is 0 Å². The monoisotopic (exact) mass is 405 g/mol. The van der Waals surface area contributed by atoms with Crippen molar-refractivity contribution in [1.29, 1.82) is 0 Å². The first kappa shape index (κ1) is 19.7. The Morgan fingerprint density at radius 1 is 1.07 bits per heavy atom. The molecule has 150 valence electrons. The second kappa shape index (κ2) is 9.25. The minimum absolute atomic E-state index is 0.148. The number of amides is 1. The van der Waals surface area contributed by atoms with Gasteiger partial charge >= 0.3 is 0 Å². The van der Waals surface area contributed by atoms with Crippen LogP contribution in [0, 0.1) is 5.92 Å². The second-order valence-electron chi connectivity index (χ2n) is 7.71. The minimum atomic E-state index is -0.148. The van der Waals surface area contributed by atoms with E-state index in [0.717, 1.165) is 29.4 Å². The zero-order valence-corrected chi connectivity index (χ0v) is 17.3. The standard InChI is InChI=1S/C24H27N3OS/c25-21-12-11-20(23-6-3-13-29-23)14-22(21)27-24(28)19-9-7-18(8-10-19)16-26-15-17-4-1-2-5-17/h3,6-14,17,26H,1-2,4-5,15-16,25H2,(H,27,28). The molecule has 1 saturated carbocycles. The molecule has 4 rings (SSSR count). The molecule has 1 amide bonds. The summed E-state index contributed by atoms with van der Waals surface area (Å²) in [5.74, 6) is 0.681. The number of nitrogens with two attached hydrogens (primary N) is 1. The molecule has 0 radical (unpaired) electrons. The molecule has 1 fully saturated rings. The fourth-order valence-corrected chi connectivity index (χ4v) is 4.59. The summed E-state index contributed by atoms with van der Waals surface area (Å²) < 4.78 is 0. The van der Waals surface area contributed by atoms with Crippen molar-refractivity contribution in [1.82, 2.24) is 5.32 Å². The van der Waals surface area contributed by atoms with Gasteiger partial charge in [0.25, 0.3) is 5.91 Å². The maximum absolute atomic E-state index is 12.7. The van der Waals surface area contributed by atoms with E-state index in [-0.39, 0.29) is 5.91 Å². The highest BCUT2D eigenvalue weighted by Crippen LogP contribution is 2.30. The Balaban J connectivity index is 1.36. The highest BCUT2D eigenvalue weighted by Gasteiger charge is 2.14. The molecule has 29 heavy (non-hydrogen) atoms. The minimum Gasteiger partial charge on any atom is -0.397 e. The number of benzene rings is 2. The summed E-state index contributed by atoms with van der Waals surface area (Å²) in [6, 6.07) is 17.6. The van der Waals surface area contributed by atoms with Crippen LogP contribution < -0.4 is 16.4 Å². The molecule has 1 aromatic heterocycles. The van der Waals surface area contributed by atoms with Crippen LogP contribution in [0.3, 0.4) is 0 Å². The molecule has 1 aliphatic carbocycles. The summed E-state index contributed by atoms with van der Waals surface area (Å²) >= 11 is 1.66. The van der Waals surface area contributed by atoms with Gasteiger partial charge in [-0.3, -0.25) is 4.79 Å². The fraction of sp³-hybridized carbons (Fsp3) is 0.292.